The summed E-state index contributed by atoms with van der Waals surface area (Å²) in [6, 6.07) is 0. The summed E-state index contributed by atoms with van der Waals surface area (Å²) in [5, 5.41) is 0. The van der Waals surface area contributed by atoms with Crippen LogP contribution in [0, 0.1) is 11.8 Å². The van der Waals surface area contributed by atoms with E-state index in [1.165, 1.54) is 161 Å². The maximum absolute atomic E-state index is 12.8. The minimum atomic E-state index is -0.760. The normalized spacial score (nSPS) is 12.1. The van der Waals surface area contributed by atoms with Crippen molar-refractivity contribution in [3.05, 3.63) is 0 Å². The van der Waals surface area contributed by atoms with E-state index in [0.29, 0.717) is 19.3 Å². The van der Waals surface area contributed by atoms with Crippen LogP contribution in [-0.2, 0) is 28.6 Å². The molecule has 0 unspecified atom stereocenters. The SMILES string of the molecule is CCCCCCCCCCCC(=O)OC[C@@H](COC(=O)CCCCCCCCCCCC(C)C)OC(=O)CCCCCCCCCCCCCCCCC(C)C. The highest BCUT2D eigenvalue weighted by molar-refractivity contribution is 5.71. The van der Waals surface area contributed by atoms with Crippen molar-refractivity contribution >= 4 is 17.9 Å². The van der Waals surface area contributed by atoms with Crippen LogP contribution in [0.4, 0.5) is 0 Å². The summed E-state index contributed by atoms with van der Waals surface area (Å²) in [4.78, 5) is 37.8. The Bertz CT molecular complexity index is 854. The van der Waals surface area contributed by atoms with Gasteiger partial charge in [-0.25, -0.2) is 0 Å². The molecule has 0 aromatic carbocycles. The molecule has 0 aliphatic heterocycles. The van der Waals surface area contributed by atoms with Gasteiger partial charge in [-0.2, -0.15) is 0 Å². The van der Waals surface area contributed by atoms with Crippen LogP contribution in [0.3, 0.4) is 0 Å². The van der Waals surface area contributed by atoms with Crippen molar-refractivity contribution in [2.75, 3.05) is 13.2 Å². The van der Waals surface area contributed by atoms with Gasteiger partial charge in [0.05, 0.1) is 0 Å². The lowest BCUT2D eigenvalue weighted by molar-refractivity contribution is -0.167. The van der Waals surface area contributed by atoms with Crippen molar-refractivity contribution in [2.45, 2.75) is 278 Å². The van der Waals surface area contributed by atoms with Crippen LogP contribution >= 0.6 is 0 Å². The van der Waals surface area contributed by atoms with Gasteiger partial charge in [-0.1, -0.05) is 234 Å². The first-order chi connectivity index (χ1) is 27.2. The van der Waals surface area contributed by atoms with Crippen molar-refractivity contribution < 1.29 is 28.6 Å². The number of hydrogen-bond donors (Lipinski definition) is 0. The van der Waals surface area contributed by atoms with Crippen LogP contribution < -0.4 is 0 Å². The largest absolute Gasteiger partial charge is 0.462 e. The summed E-state index contributed by atoms with van der Waals surface area (Å²) in [7, 11) is 0. The molecule has 0 bridgehead atoms. The highest BCUT2D eigenvalue weighted by Gasteiger charge is 2.19. The first-order valence-electron chi connectivity index (χ1n) is 24.7. The minimum absolute atomic E-state index is 0.0644. The molecular weight excluding hydrogens is 697 g/mol. The third-order valence-electron chi connectivity index (χ3n) is 11.2. The molecular formula is C50H96O6. The Morgan fingerprint density at radius 2 is 0.589 bits per heavy atom. The van der Waals surface area contributed by atoms with Gasteiger partial charge in [-0.15, -0.1) is 0 Å². The van der Waals surface area contributed by atoms with E-state index in [4.69, 9.17) is 14.2 Å². The molecule has 0 radical (unpaired) electrons. The van der Waals surface area contributed by atoms with Crippen LogP contribution in [0.1, 0.15) is 272 Å². The van der Waals surface area contributed by atoms with Crippen molar-refractivity contribution in [3.63, 3.8) is 0 Å². The maximum Gasteiger partial charge on any atom is 0.306 e. The summed E-state index contributed by atoms with van der Waals surface area (Å²) < 4.78 is 16.7. The van der Waals surface area contributed by atoms with Crippen LogP contribution in [0.25, 0.3) is 0 Å². The van der Waals surface area contributed by atoms with Gasteiger partial charge in [0.2, 0.25) is 0 Å². The predicted octanol–water partition coefficient (Wildman–Crippen LogP) is 15.8. The summed E-state index contributed by atoms with van der Waals surface area (Å²) in [6.07, 6.45) is 42.3. The fourth-order valence-electron chi connectivity index (χ4n) is 7.46. The van der Waals surface area contributed by atoms with Gasteiger partial charge in [0.25, 0.3) is 0 Å². The molecule has 6 heteroatoms. The number of carbonyl (C=O) groups is 3. The monoisotopic (exact) mass is 793 g/mol. The fraction of sp³-hybridized carbons (Fsp3) is 0.940. The second-order valence-corrected chi connectivity index (χ2v) is 18.1. The molecule has 0 spiro atoms. The second-order valence-electron chi connectivity index (χ2n) is 18.1. The molecule has 0 saturated heterocycles. The first kappa shape index (κ1) is 54.4. The highest BCUT2D eigenvalue weighted by atomic mass is 16.6. The first-order valence-corrected chi connectivity index (χ1v) is 24.7. The van der Waals surface area contributed by atoms with E-state index in [1.807, 2.05) is 0 Å². The van der Waals surface area contributed by atoms with Gasteiger partial charge in [0.1, 0.15) is 13.2 Å². The third-order valence-corrected chi connectivity index (χ3v) is 11.2. The summed E-state index contributed by atoms with van der Waals surface area (Å²) in [5.41, 5.74) is 0. The predicted molar refractivity (Wildman–Crippen MR) is 238 cm³/mol. The lowest BCUT2D eigenvalue weighted by Crippen LogP contribution is -2.30. The highest BCUT2D eigenvalue weighted by Crippen LogP contribution is 2.17. The van der Waals surface area contributed by atoms with E-state index in [1.54, 1.807) is 0 Å². The number of carbonyl (C=O) groups excluding carboxylic acids is 3. The number of ether oxygens (including phenoxy) is 3. The molecule has 0 amide bonds. The average Bonchev–Trinajstić information content (AvgIpc) is 3.16. The molecule has 0 aromatic heterocycles. The Hall–Kier alpha value is -1.59. The smallest absolute Gasteiger partial charge is 0.306 e. The van der Waals surface area contributed by atoms with Gasteiger partial charge in [-0.3, -0.25) is 14.4 Å². The van der Waals surface area contributed by atoms with Crippen LogP contribution in [0.2, 0.25) is 0 Å². The van der Waals surface area contributed by atoms with E-state index >= 15 is 0 Å². The van der Waals surface area contributed by atoms with Gasteiger partial charge < -0.3 is 14.2 Å². The van der Waals surface area contributed by atoms with Crippen molar-refractivity contribution in [1.29, 1.82) is 0 Å². The van der Waals surface area contributed by atoms with Crippen molar-refractivity contribution in [3.8, 4) is 0 Å². The summed E-state index contributed by atoms with van der Waals surface area (Å²) in [5.74, 6) is 0.798. The zero-order valence-electron chi connectivity index (χ0n) is 38.3. The fourth-order valence-corrected chi connectivity index (χ4v) is 7.46. The average molecular weight is 793 g/mol. The van der Waals surface area contributed by atoms with Crippen molar-refractivity contribution in [1.82, 2.24) is 0 Å². The molecule has 0 fully saturated rings. The Morgan fingerprint density at radius 3 is 0.875 bits per heavy atom. The standard InChI is InChI=1S/C50H96O6/c1-6-7-8-9-10-18-25-30-35-40-48(51)54-43-47(44-55-49(52)41-36-31-26-22-17-20-24-29-34-39-46(4)5)56-50(53)42-37-32-27-21-16-14-12-11-13-15-19-23-28-33-38-45(2)3/h45-47H,6-44H2,1-5H3/t47-/m0/s1. The van der Waals surface area contributed by atoms with Crippen LogP contribution in [0.15, 0.2) is 0 Å². The van der Waals surface area contributed by atoms with Gasteiger partial charge >= 0.3 is 17.9 Å². The van der Waals surface area contributed by atoms with Gasteiger partial charge in [0, 0.05) is 19.3 Å². The quantitative estimate of drug-likeness (QED) is 0.0347. The lowest BCUT2D eigenvalue weighted by atomic mass is 10.0. The summed E-state index contributed by atoms with van der Waals surface area (Å²) >= 11 is 0. The van der Waals surface area contributed by atoms with Crippen LogP contribution in [0.5, 0.6) is 0 Å². The van der Waals surface area contributed by atoms with Gasteiger partial charge in [-0.05, 0) is 31.1 Å². The van der Waals surface area contributed by atoms with E-state index in [0.717, 1.165) is 69.6 Å². The van der Waals surface area contributed by atoms with Crippen LogP contribution in [-0.4, -0.2) is 37.2 Å². The lowest BCUT2D eigenvalue weighted by Gasteiger charge is -2.18. The molecule has 0 aliphatic carbocycles. The number of unbranched alkanes of at least 4 members (excludes halogenated alkanes) is 29. The second kappa shape index (κ2) is 43.0. The van der Waals surface area contributed by atoms with Crippen molar-refractivity contribution in [2.24, 2.45) is 11.8 Å². The zero-order chi connectivity index (χ0) is 41.2. The number of esters is 3. The van der Waals surface area contributed by atoms with E-state index in [9.17, 15) is 14.4 Å². The molecule has 0 N–H and O–H groups in total. The van der Waals surface area contributed by atoms with E-state index < -0.39 is 6.10 Å². The molecule has 1 atom stereocenters. The minimum Gasteiger partial charge on any atom is -0.462 e. The molecule has 56 heavy (non-hydrogen) atoms. The van der Waals surface area contributed by atoms with E-state index in [2.05, 4.69) is 34.6 Å². The molecule has 0 rings (SSSR count). The molecule has 0 heterocycles. The Morgan fingerprint density at radius 1 is 0.339 bits per heavy atom. The maximum atomic E-state index is 12.8. The molecule has 6 nitrogen and oxygen atoms in total. The number of rotatable bonds is 44. The Labute approximate surface area is 348 Å². The van der Waals surface area contributed by atoms with Gasteiger partial charge in [0.15, 0.2) is 6.10 Å². The molecule has 0 aliphatic rings. The molecule has 0 aromatic rings. The third kappa shape index (κ3) is 43.5. The summed E-state index contributed by atoms with van der Waals surface area (Å²) in [6.45, 7) is 11.3. The topological polar surface area (TPSA) is 78.9 Å². The molecule has 0 saturated carbocycles. The van der Waals surface area contributed by atoms with E-state index in [-0.39, 0.29) is 31.1 Å². The zero-order valence-corrected chi connectivity index (χ0v) is 38.3. The Balaban J connectivity index is 4.27. The number of hydrogen-bond acceptors (Lipinski definition) is 6. The Kier molecular flexibility index (Phi) is 41.8. The molecule has 332 valence electrons.